The molecule has 29 heavy (non-hydrogen) atoms. The molecular weight excluding hydrogens is 380 g/mol. The van der Waals surface area contributed by atoms with Gasteiger partial charge in [0.1, 0.15) is 29.4 Å². The lowest BCUT2D eigenvalue weighted by molar-refractivity contribution is -0.163. The number of esters is 1. The number of carbonyl (C=O) groups is 3. The highest BCUT2D eigenvalue weighted by Crippen LogP contribution is 2.38. The van der Waals surface area contributed by atoms with E-state index in [4.69, 9.17) is 9.47 Å². The number of ether oxygens (including phenoxy) is 2. The fourth-order valence-electron chi connectivity index (χ4n) is 3.34. The average molecular weight is 400 g/mol. The molecule has 2 atom stereocenters. The van der Waals surface area contributed by atoms with Crippen LogP contribution in [0.1, 0.15) is 29.8 Å². The van der Waals surface area contributed by atoms with E-state index in [1.54, 1.807) is 19.1 Å². The van der Waals surface area contributed by atoms with Gasteiger partial charge in [-0.2, -0.15) is 0 Å². The van der Waals surface area contributed by atoms with Crippen LogP contribution < -0.4 is 0 Å². The molecule has 8 heteroatoms. The number of hydrogen-bond donors (Lipinski definition) is 3. The van der Waals surface area contributed by atoms with Crippen LogP contribution in [-0.2, 0) is 19.1 Å². The number of ketones is 2. The van der Waals surface area contributed by atoms with Crippen molar-refractivity contribution in [3.8, 4) is 11.5 Å². The molecule has 1 aliphatic heterocycles. The van der Waals surface area contributed by atoms with Crippen molar-refractivity contribution in [2.45, 2.75) is 32.0 Å². The third kappa shape index (κ3) is 3.21. The van der Waals surface area contributed by atoms with E-state index in [0.717, 1.165) is 19.1 Å². The van der Waals surface area contributed by atoms with Crippen LogP contribution in [0.5, 0.6) is 11.5 Å². The quantitative estimate of drug-likeness (QED) is 0.515. The van der Waals surface area contributed by atoms with E-state index in [1.807, 2.05) is 0 Å². The summed E-state index contributed by atoms with van der Waals surface area (Å²) in [6.45, 7) is 3.83. The fourth-order valence-corrected chi connectivity index (χ4v) is 3.34. The van der Waals surface area contributed by atoms with Crippen molar-refractivity contribution in [3.05, 3.63) is 58.9 Å². The van der Waals surface area contributed by atoms with Crippen LogP contribution in [0.3, 0.4) is 0 Å². The Balaban J connectivity index is 2.00. The highest BCUT2D eigenvalue weighted by molar-refractivity contribution is 6.23. The standard InChI is InChI=1S/C21H20O8/c1-4-5-14-7-12-8-16(24)20(3,19(26)21(12,27)10-28-14)29-18(25)17-11(2)6-13(22)9-15(17)23/h4-9,22-23,27H,10H2,1-3H3. The first-order chi connectivity index (χ1) is 13.5. The first-order valence-corrected chi connectivity index (χ1v) is 8.80. The van der Waals surface area contributed by atoms with E-state index in [-0.39, 0.29) is 22.4 Å². The third-order valence-electron chi connectivity index (χ3n) is 4.92. The van der Waals surface area contributed by atoms with Gasteiger partial charge in [0.25, 0.3) is 0 Å². The Morgan fingerprint density at radius 1 is 1.24 bits per heavy atom. The maximum atomic E-state index is 13.1. The summed E-state index contributed by atoms with van der Waals surface area (Å²) >= 11 is 0. The SMILES string of the molecule is CC=CC1=CC2=CC(=O)C(C)(OC(=O)c3c(C)cc(O)cc3O)C(=O)C2(O)CO1. The second-order valence-corrected chi connectivity index (χ2v) is 7.07. The molecule has 3 N–H and O–H groups in total. The lowest BCUT2D eigenvalue weighted by Gasteiger charge is -2.40. The van der Waals surface area contributed by atoms with Gasteiger partial charge in [0.15, 0.2) is 5.60 Å². The summed E-state index contributed by atoms with van der Waals surface area (Å²) in [6, 6.07) is 2.15. The van der Waals surface area contributed by atoms with Crippen LogP contribution >= 0.6 is 0 Å². The van der Waals surface area contributed by atoms with Crippen molar-refractivity contribution in [1.82, 2.24) is 0 Å². The van der Waals surface area contributed by atoms with Crippen molar-refractivity contribution in [1.29, 1.82) is 0 Å². The van der Waals surface area contributed by atoms with Crippen LogP contribution in [0, 0.1) is 6.92 Å². The monoisotopic (exact) mass is 400 g/mol. The molecule has 1 heterocycles. The van der Waals surface area contributed by atoms with Gasteiger partial charge in [0.2, 0.25) is 17.2 Å². The first kappa shape index (κ1) is 20.3. The predicted octanol–water partition coefficient (Wildman–Crippen LogP) is 1.62. The van der Waals surface area contributed by atoms with E-state index in [2.05, 4.69) is 0 Å². The molecule has 2 unspecified atom stereocenters. The summed E-state index contributed by atoms with van der Waals surface area (Å²) in [4.78, 5) is 38.4. The molecule has 0 bridgehead atoms. The van der Waals surface area contributed by atoms with E-state index in [1.165, 1.54) is 19.1 Å². The average Bonchev–Trinajstić information content (AvgIpc) is 2.62. The highest BCUT2D eigenvalue weighted by atomic mass is 16.6. The Labute approximate surface area is 166 Å². The Bertz CT molecular complexity index is 993. The van der Waals surface area contributed by atoms with Gasteiger partial charge in [0.05, 0.1) is 0 Å². The second-order valence-electron chi connectivity index (χ2n) is 7.07. The van der Waals surface area contributed by atoms with E-state index >= 15 is 0 Å². The zero-order valence-electron chi connectivity index (χ0n) is 16.1. The Kier molecular flexibility index (Phi) is 4.84. The lowest BCUT2D eigenvalue weighted by atomic mass is 9.73. The summed E-state index contributed by atoms with van der Waals surface area (Å²) in [5, 5.41) is 30.4. The van der Waals surface area contributed by atoms with E-state index in [0.29, 0.717) is 5.76 Å². The number of phenols is 2. The van der Waals surface area contributed by atoms with E-state index < -0.39 is 41.1 Å². The van der Waals surface area contributed by atoms with Crippen molar-refractivity contribution in [2.75, 3.05) is 6.61 Å². The number of rotatable bonds is 3. The number of phenolic OH excluding ortho intramolecular Hbond substituents is 2. The number of hydrogen-bond acceptors (Lipinski definition) is 8. The number of aromatic hydroxyl groups is 2. The maximum Gasteiger partial charge on any atom is 0.343 e. The number of benzene rings is 1. The van der Waals surface area contributed by atoms with Crippen LogP contribution in [0.25, 0.3) is 0 Å². The number of aliphatic hydroxyl groups is 1. The van der Waals surface area contributed by atoms with Crippen LogP contribution in [-0.4, -0.2) is 50.7 Å². The molecule has 0 radical (unpaired) electrons. The van der Waals surface area contributed by atoms with E-state index in [9.17, 15) is 29.7 Å². The van der Waals surface area contributed by atoms with Crippen LogP contribution in [0.4, 0.5) is 0 Å². The minimum atomic E-state index is -2.32. The largest absolute Gasteiger partial charge is 0.508 e. The van der Waals surface area contributed by atoms with Gasteiger partial charge in [-0.05, 0) is 50.6 Å². The summed E-state index contributed by atoms with van der Waals surface area (Å²) < 4.78 is 10.6. The Morgan fingerprint density at radius 3 is 2.55 bits per heavy atom. The van der Waals surface area contributed by atoms with Gasteiger partial charge >= 0.3 is 5.97 Å². The summed E-state index contributed by atoms with van der Waals surface area (Å²) in [6.07, 6.45) is 5.72. The molecule has 1 aromatic carbocycles. The zero-order valence-corrected chi connectivity index (χ0v) is 16.1. The first-order valence-electron chi connectivity index (χ1n) is 8.80. The number of carbonyl (C=O) groups excluding carboxylic acids is 3. The van der Waals surface area contributed by atoms with Crippen molar-refractivity contribution in [3.63, 3.8) is 0 Å². The molecule has 3 rings (SSSR count). The zero-order chi connectivity index (χ0) is 21.6. The van der Waals surface area contributed by atoms with Crippen LogP contribution in [0.2, 0.25) is 0 Å². The normalized spacial score (nSPS) is 26.5. The summed E-state index contributed by atoms with van der Waals surface area (Å²) in [5.41, 5.74) is -4.56. The lowest BCUT2D eigenvalue weighted by Crippen LogP contribution is -2.63. The van der Waals surface area contributed by atoms with Gasteiger partial charge in [-0.1, -0.05) is 6.08 Å². The molecular formula is C21H20O8. The molecule has 1 aliphatic carbocycles. The van der Waals surface area contributed by atoms with Crippen LogP contribution in [0.15, 0.2) is 47.8 Å². The van der Waals surface area contributed by atoms with Crippen molar-refractivity contribution in [2.24, 2.45) is 0 Å². The van der Waals surface area contributed by atoms with Gasteiger partial charge in [-0.15, -0.1) is 0 Å². The highest BCUT2D eigenvalue weighted by Gasteiger charge is 2.59. The molecule has 0 fully saturated rings. The predicted molar refractivity (Wildman–Crippen MR) is 100 cm³/mol. The third-order valence-corrected chi connectivity index (χ3v) is 4.92. The second kappa shape index (κ2) is 6.89. The number of fused-ring (bicyclic) bond motifs is 1. The van der Waals surface area contributed by atoms with Gasteiger partial charge in [-0.3, -0.25) is 9.59 Å². The minimum Gasteiger partial charge on any atom is -0.508 e. The van der Waals surface area contributed by atoms with Gasteiger partial charge < -0.3 is 24.8 Å². The molecule has 8 nitrogen and oxygen atoms in total. The molecule has 0 aromatic heterocycles. The molecule has 152 valence electrons. The van der Waals surface area contributed by atoms with Crippen molar-refractivity contribution >= 4 is 17.5 Å². The van der Waals surface area contributed by atoms with Crippen molar-refractivity contribution < 1.29 is 39.2 Å². The molecule has 0 amide bonds. The molecule has 0 spiro atoms. The van der Waals surface area contributed by atoms with Gasteiger partial charge in [-0.25, -0.2) is 4.79 Å². The Morgan fingerprint density at radius 2 is 1.93 bits per heavy atom. The topological polar surface area (TPSA) is 130 Å². The molecule has 2 aliphatic rings. The fraction of sp³-hybridized carbons (Fsp3) is 0.286. The van der Waals surface area contributed by atoms with Gasteiger partial charge in [0, 0.05) is 11.6 Å². The minimum absolute atomic E-state index is 0.0454. The molecule has 1 aromatic rings. The Hall–Kier alpha value is -3.39. The number of allylic oxidation sites excluding steroid dienone is 2. The summed E-state index contributed by atoms with van der Waals surface area (Å²) in [7, 11) is 0. The maximum absolute atomic E-state index is 13.1. The number of Topliss-reactive ketones (excluding diaryl/α,β-unsaturated/α-hetero) is 1. The summed E-state index contributed by atoms with van der Waals surface area (Å²) in [5.74, 6) is -3.49. The number of aryl methyl sites for hydroxylation is 1. The molecule has 0 saturated heterocycles. The smallest absolute Gasteiger partial charge is 0.343 e. The molecule has 0 saturated carbocycles.